The van der Waals surface area contributed by atoms with Crippen molar-refractivity contribution in [3.63, 3.8) is 0 Å². The van der Waals surface area contributed by atoms with E-state index in [4.69, 9.17) is 0 Å². The fourth-order valence-corrected chi connectivity index (χ4v) is 3.21. The lowest BCUT2D eigenvalue weighted by Crippen LogP contribution is -2.23. The number of pyridine rings is 2. The number of aromatic amines is 1. The number of hydrogen-bond donors (Lipinski definition) is 2. The zero-order valence-corrected chi connectivity index (χ0v) is 14.7. The summed E-state index contributed by atoms with van der Waals surface area (Å²) >= 11 is 0. The standard InChI is InChI=1S/C21H20N4/c1-14-8-6-9-15(2)18(14)23-21-19(17-11-4-5-12-22-17)24-20-16(3)10-7-13-25(20)21/h4-13H,1-3H3,(H,22,23)/p+1. The zero-order valence-electron chi connectivity index (χ0n) is 14.7. The van der Waals surface area contributed by atoms with Gasteiger partial charge in [-0.2, -0.15) is 0 Å². The van der Waals surface area contributed by atoms with Crippen LogP contribution in [0.15, 0.2) is 60.9 Å². The molecule has 0 aliphatic heterocycles. The minimum Gasteiger partial charge on any atom is -0.269 e. The fraction of sp³-hybridized carbons (Fsp3) is 0.143. The van der Waals surface area contributed by atoms with E-state index >= 15 is 0 Å². The number of rotatable bonds is 3. The van der Waals surface area contributed by atoms with Crippen LogP contribution in [0.1, 0.15) is 16.7 Å². The van der Waals surface area contributed by atoms with Gasteiger partial charge in [0.2, 0.25) is 5.65 Å². The molecule has 0 aliphatic rings. The molecule has 3 aromatic heterocycles. The van der Waals surface area contributed by atoms with Gasteiger partial charge in [0.1, 0.15) is 11.4 Å². The van der Waals surface area contributed by atoms with Gasteiger partial charge in [0.15, 0.2) is 5.69 Å². The highest BCUT2D eigenvalue weighted by molar-refractivity contribution is 5.75. The van der Waals surface area contributed by atoms with Gasteiger partial charge in [-0.25, -0.2) is 4.40 Å². The van der Waals surface area contributed by atoms with Crippen LogP contribution in [0.5, 0.6) is 0 Å². The van der Waals surface area contributed by atoms with Crippen LogP contribution in [0.2, 0.25) is 0 Å². The Hall–Kier alpha value is -3.14. The lowest BCUT2D eigenvalue weighted by molar-refractivity contribution is -0.494. The Bertz CT molecular complexity index is 1030. The molecule has 0 radical (unpaired) electrons. The maximum absolute atomic E-state index is 4.54. The van der Waals surface area contributed by atoms with Gasteiger partial charge >= 0.3 is 0 Å². The van der Waals surface area contributed by atoms with Crippen LogP contribution in [0.3, 0.4) is 0 Å². The van der Waals surface area contributed by atoms with Crippen molar-refractivity contribution < 1.29 is 4.40 Å². The molecule has 0 bridgehead atoms. The highest BCUT2D eigenvalue weighted by atomic mass is 15.1. The normalized spacial score (nSPS) is 11.0. The summed E-state index contributed by atoms with van der Waals surface area (Å²) in [5.41, 5.74) is 7.72. The predicted molar refractivity (Wildman–Crippen MR) is 101 cm³/mol. The highest BCUT2D eigenvalue weighted by Crippen LogP contribution is 2.29. The van der Waals surface area contributed by atoms with Gasteiger partial charge in [-0.3, -0.25) is 15.3 Å². The zero-order chi connectivity index (χ0) is 17.4. The van der Waals surface area contributed by atoms with Gasteiger partial charge in [0, 0.05) is 11.8 Å². The summed E-state index contributed by atoms with van der Waals surface area (Å²) in [5.74, 6) is 0.995. The Morgan fingerprint density at radius 2 is 1.64 bits per heavy atom. The van der Waals surface area contributed by atoms with Crippen LogP contribution in [-0.2, 0) is 0 Å². The molecule has 4 rings (SSSR count). The van der Waals surface area contributed by atoms with Crippen LogP contribution < -0.4 is 9.72 Å². The first-order valence-electron chi connectivity index (χ1n) is 8.43. The first-order valence-corrected chi connectivity index (χ1v) is 8.43. The Labute approximate surface area is 147 Å². The largest absolute Gasteiger partial charge is 0.273 e. The summed E-state index contributed by atoms with van der Waals surface area (Å²) in [5, 5.41) is 3.65. The average Bonchev–Trinajstić information content (AvgIpc) is 2.99. The van der Waals surface area contributed by atoms with Crippen molar-refractivity contribution in [1.82, 2.24) is 9.97 Å². The minimum atomic E-state index is 0.916. The van der Waals surface area contributed by atoms with E-state index in [0.717, 1.165) is 28.5 Å². The number of para-hydroxylation sites is 1. The summed E-state index contributed by atoms with van der Waals surface area (Å²) in [6, 6.07) is 16.5. The number of anilines is 2. The van der Waals surface area contributed by atoms with Crippen molar-refractivity contribution >= 4 is 17.2 Å². The lowest BCUT2D eigenvalue weighted by Gasteiger charge is -2.08. The predicted octanol–water partition coefficient (Wildman–Crippen LogP) is 4.48. The summed E-state index contributed by atoms with van der Waals surface area (Å²) in [7, 11) is 0. The molecule has 0 fully saturated rings. The number of aryl methyl sites for hydroxylation is 3. The number of nitrogens with one attached hydrogen (secondary N) is 2. The number of nitrogens with zero attached hydrogens (tertiary/aromatic N) is 2. The van der Waals surface area contributed by atoms with Crippen LogP contribution in [-0.4, -0.2) is 9.97 Å². The monoisotopic (exact) mass is 329 g/mol. The fourth-order valence-electron chi connectivity index (χ4n) is 3.21. The molecule has 0 saturated carbocycles. The van der Waals surface area contributed by atoms with Crippen molar-refractivity contribution in [1.29, 1.82) is 0 Å². The Kier molecular flexibility index (Phi) is 3.73. The van der Waals surface area contributed by atoms with Crippen molar-refractivity contribution in [2.45, 2.75) is 20.8 Å². The second-order valence-corrected chi connectivity index (χ2v) is 6.37. The third kappa shape index (κ3) is 2.66. The molecule has 4 heteroatoms. The number of fused-ring (bicyclic) bond motifs is 1. The lowest BCUT2D eigenvalue weighted by atomic mass is 10.1. The highest BCUT2D eigenvalue weighted by Gasteiger charge is 2.23. The summed E-state index contributed by atoms with van der Waals surface area (Å²) in [6.07, 6.45) is 3.89. The van der Waals surface area contributed by atoms with Crippen molar-refractivity contribution in [3.05, 3.63) is 77.6 Å². The third-order valence-electron chi connectivity index (χ3n) is 4.56. The number of hydrogen-bond acceptors (Lipinski definition) is 2. The first-order chi connectivity index (χ1) is 12.1. The second kappa shape index (κ2) is 6.06. The average molecular weight is 329 g/mol. The van der Waals surface area contributed by atoms with E-state index in [-0.39, 0.29) is 0 Å². The molecule has 1 aromatic carbocycles. The molecule has 0 saturated heterocycles. The van der Waals surface area contributed by atoms with Crippen molar-refractivity contribution in [2.75, 3.05) is 5.32 Å². The van der Waals surface area contributed by atoms with Gasteiger partial charge in [-0.15, -0.1) is 0 Å². The van der Waals surface area contributed by atoms with E-state index in [9.17, 15) is 0 Å². The second-order valence-electron chi connectivity index (χ2n) is 6.37. The molecule has 0 atom stereocenters. The quantitative estimate of drug-likeness (QED) is 0.544. The molecular weight excluding hydrogens is 308 g/mol. The summed E-state index contributed by atoms with van der Waals surface area (Å²) in [4.78, 5) is 8.08. The van der Waals surface area contributed by atoms with E-state index in [1.165, 1.54) is 16.7 Å². The van der Waals surface area contributed by atoms with Crippen LogP contribution in [0.25, 0.3) is 17.0 Å². The molecule has 2 N–H and O–H groups in total. The SMILES string of the molecule is Cc1cccc(C)c1Nc1c(-c2ccccn2)[nH]c2c(C)ccc[n+]12. The van der Waals surface area contributed by atoms with E-state index in [1.807, 2.05) is 24.4 Å². The van der Waals surface area contributed by atoms with E-state index in [1.54, 1.807) is 0 Å². The smallest absolute Gasteiger partial charge is 0.269 e. The number of imidazole rings is 1. The van der Waals surface area contributed by atoms with E-state index in [0.29, 0.717) is 0 Å². The third-order valence-corrected chi connectivity index (χ3v) is 4.56. The van der Waals surface area contributed by atoms with Gasteiger partial charge in [-0.05, 0) is 56.2 Å². The van der Waals surface area contributed by atoms with Crippen molar-refractivity contribution in [3.8, 4) is 11.4 Å². The maximum atomic E-state index is 4.54. The number of aromatic nitrogens is 3. The molecule has 124 valence electrons. The maximum Gasteiger partial charge on any atom is 0.273 e. The topological polar surface area (TPSA) is 44.8 Å². The molecule has 0 amide bonds. The minimum absolute atomic E-state index is 0.916. The molecule has 0 aliphatic carbocycles. The molecular formula is C21H21N4+. The van der Waals surface area contributed by atoms with Gasteiger partial charge < -0.3 is 0 Å². The summed E-state index contributed by atoms with van der Waals surface area (Å²) < 4.78 is 2.16. The molecule has 25 heavy (non-hydrogen) atoms. The van der Waals surface area contributed by atoms with Crippen LogP contribution in [0, 0.1) is 20.8 Å². The Morgan fingerprint density at radius 1 is 0.880 bits per heavy atom. The van der Waals surface area contributed by atoms with Gasteiger partial charge in [-0.1, -0.05) is 24.3 Å². The van der Waals surface area contributed by atoms with Crippen LogP contribution >= 0.6 is 0 Å². The van der Waals surface area contributed by atoms with Crippen molar-refractivity contribution in [2.24, 2.45) is 0 Å². The van der Waals surface area contributed by atoms with Crippen LogP contribution in [0.4, 0.5) is 11.5 Å². The molecule has 3 heterocycles. The molecule has 0 unspecified atom stereocenters. The van der Waals surface area contributed by atoms with E-state index in [2.05, 4.69) is 77.0 Å². The number of benzene rings is 1. The summed E-state index contributed by atoms with van der Waals surface area (Å²) in [6.45, 7) is 6.36. The van der Waals surface area contributed by atoms with Gasteiger partial charge in [0.25, 0.3) is 5.82 Å². The Morgan fingerprint density at radius 3 is 2.36 bits per heavy atom. The molecule has 0 spiro atoms. The first kappa shape index (κ1) is 15.4. The molecule has 4 nitrogen and oxygen atoms in total. The van der Waals surface area contributed by atoms with Gasteiger partial charge in [0.05, 0.1) is 6.20 Å². The number of H-pyrrole nitrogens is 1. The molecule has 4 aromatic rings. The van der Waals surface area contributed by atoms with E-state index < -0.39 is 0 Å². The Balaban J connectivity index is 1.97.